The van der Waals surface area contributed by atoms with Gasteiger partial charge in [-0.3, -0.25) is 4.79 Å². The number of carbonyl (C=O) groups is 1. The third kappa shape index (κ3) is 3.75. The maximum atomic E-state index is 13.4. The van der Waals surface area contributed by atoms with Crippen LogP contribution in [-0.4, -0.2) is 21.1 Å². The Morgan fingerprint density at radius 3 is 2.63 bits per heavy atom. The second kappa shape index (κ2) is 6.29. The molecule has 0 saturated carbocycles. The van der Waals surface area contributed by atoms with Crippen molar-refractivity contribution < 1.29 is 9.18 Å². The summed E-state index contributed by atoms with van der Waals surface area (Å²) in [6, 6.07) is 7.75. The lowest BCUT2D eigenvalue weighted by Crippen LogP contribution is -2.23. The molecule has 0 aliphatic carbocycles. The molecule has 1 aromatic heterocycles. The molecular weight excluding hydrogens is 265 g/mol. The van der Waals surface area contributed by atoms with Crippen LogP contribution in [0.25, 0.3) is 0 Å². The molecule has 98 valence electrons. The highest BCUT2D eigenvalue weighted by Gasteiger charge is 2.16. The van der Waals surface area contributed by atoms with Crippen LogP contribution in [0.15, 0.2) is 47.9 Å². The summed E-state index contributed by atoms with van der Waals surface area (Å²) in [7, 11) is 0. The number of amides is 1. The fourth-order valence-electron chi connectivity index (χ4n) is 1.35. The number of nitrogens with one attached hydrogen (secondary N) is 1. The monoisotopic (exact) mass is 277 g/mol. The second-order valence-corrected chi connectivity index (χ2v) is 5.07. The smallest absolute Gasteiger partial charge is 0.237 e. The highest BCUT2D eigenvalue weighted by atomic mass is 32.2. The number of halogens is 1. The van der Waals surface area contributed by atoms with Crippen LogP contribution in [0.2, 0.25) is 0 Å². The number of benzene rings is 1. The number of nitrogens with zero attached hydrogens (tertiary/aromatic N) is 2. The zero-order chi connectivity index (χ0) is 13.7. The van der Waals surface area contributed by atoms with Crippen molar-refractivity contribution in [3.63, 3.8) is 0 Å². The number of hydrogen-bond acceptors (Lipinski definition) is 4. The van der Waals surface area contributed by atoms with Crippen molar-refractivity contribution in [3.05, 3.63) is 48.5 Å². The van der Waals surface area contributed by atoms with Gasteiger partial charge in [-0.1, -0.05) is 23.9 Å². The van der Waals surface area contributed by atoms with Crippen molar-refractivity contribution in [2.75, 3.05) is 5.32 Å². The number of para-hydroxylation sites is 1. The van der Waals surface area contributed by atoms with E-state index in [1.54, 1.807) is 37.5 Å². The molecule has 1 atom stereocenters. The fraction of sp³-hybridized carbons (Fsp3) is 0.154. The third-order valence-electron chi connectivity index (χ3n) is 2.33. The minimum absolute atomic E-state index is 0.175. The zero-order valence-corrected chi connectivity index (χ0v) is 11.0. The summed E-state index contributed by atoms with van der Waals surface area (Å²) in [5.74, 6) is -0.744. The lowest BCUT2D eigenvalue weighted by molar-refractivity contribution is -0.115. The summed E-state index contributed by atoms with van der Waals surface area (Å²) >= 11 is 1.22. The van der Waals surface area contributed by atoms with E-state index in [9.17, 15) is 9.18 Å². The predicted molar refractivity (Wildman–Crippen MR) is 72.4 cm³/mol. The molecule has 0 saturated heterocycles. The first kappa shape index (κ1) is 13.5. The Kier molecular flexibility index (Phi) is 4.46. The van der Waals surface area contributed by atoms with Crippen LogP contribution in [0.4, 0.5) is 10.1 Å². The Balaban J connectivity index is 1.99. The molecule has 0 bridgehead atoms. The van der Waals surface area contributed by atoms with Crippen molar-refractivity contribution in [2.24, 2.45) is 0 Å². The van der Waals surface area contributed by atoms with E-state index < -0.39 is 11.1 Å². The summed E-state index contributed by atoms with van der Waals surface area (Å²) in [6.07, 6.45) is 3.22. The molecule has 19 heavy (non-hydrogen) atoms. The van der Waals surface area contributed by atoms with Gasteiger partial charge in [0.1, 0.15) is 5.82 Å². The van der Waals surface area contributed by atoms with Gasteiger partial charge in [0.25, 0.3) is 0 Å². The SMILES string of the molecule is C[C@H](Sc1ncccn1)C(=O)Nc1ccccc1F. The minimum atomic E-state index is -0.455. The van der Waals surface area contributed by atoms with Crippen LogP contribution in [-0.2, 0) is 4.79 Å². The Morgan fingerprint density at radius 1 is 1.26 bits per heavy atom. The molecule has 2 aromatic rings. The average molecular weight is 277 g/mol. The topological polar surface area (TPSA) is 54.9 Å². The van der Waals surface area contributed by atoms with Crippen LogP contribution >= 0.6 is 11.8 Å². The van der Waals surface area contributed by atoms with E-state index in [0.29, 0.717) is 5.16 Å². The van der Waals surface area contributed by atoms with Gasteiger partial charge in [-0.05, 0) is 25.1 Å². The van der Waals surface area contributed by atoms with Crippen molar-refractivity contribution in [2.45, 2.75) is 17.3 Å². The number of carbonyl (C=O) groups excluding carboxylic acids is 1. The molecule has 0 radical (unpaired) electrons. The van der Waals surface area contributed by atoms with E-state index in [1.165, 1.54) is 23.9 Å². The van der Waals surface area contributed by atoms with Gasteiger partial charge in [-0.2, -0.15) is 0 Å². The van der Waals surface area contributed by atoms with Crippen LogP contribution in [0.5, 0.6) is 0 Å². The number of hydrogen-bond donors (Lipinski definition) is 1. The Morgan fingerprint density at radius 2 is 1.95 bits per heavy atom. The van der Waals surface area contributed by atoms with Crippen LogP contribution in [0.1, 0.15) is 6.92 Å². The number of aromatic nitrogens is 2. The first-order valence-electron chi connectivity index (χ1n) is 5.66. The summed E-state index contributed by atoms with van der Waals surface area (Å²) < 4.78 is 13.4. The summed E-state index contributed by atoms with van der Waals surface area (Å²) in [6.45, 7) is 1.72. The fourth-order valence-corrected chi connectivity index (χ4v) is 2.08. The first-order valence-corrected chi connectivity index (χ1v) is 6.54. The van der Waals surface area contributed by atoms with Gasteiger partial charge < -0.3 is 5.32 Å². The van der Waals surface area contributed by atoms with Crippen molar-refractivity contribution >= 4 is 23.4 Å². The highest BCUT2D eigenvalue weighted by Crippen LogP contribution is 2.20. The van der Waals surface area contributed by atoms with Gasteiger partial charge in [0, 0.05) is 12.4 Å². The molecule has 6 heteroatoms. The van der Waals surface area contributed by atoms with Gasteiger partial charge in [0.05, 0.1) is 10.9 Å². The maximum absolute atomic E-state index is 13.4. The van der Waals surface area contributed by atoms with Gasteiger partial charge >= 0.3 is 0 Å². The average Bonchev–Trinajstić information content (AvgIpc) is 2.42. The largest absolute Gasteiger partial charge is 0.323 e. The molecule has 0 spiro atoms. The number of rotatable bonds is 4. The Bertz CT molecular complexity index is 565. The first-order chi connectivity index (χ1) is 9.16. The summed E-state index contributed by atoms with van der Waals surface area (Å²) in [5.41, 5.74) is 0.175. The second-order valence-electron chi connectivity index (χ2n) is 3.76. The lowest BCUT2D eigenvalue weighted by Gasteiger charge is -2.11. The van der Waals surface area contributed by atoms with E-state index in [-0.39, 0.29) is 11.6 Å². The Labute approximate surface area is 114 Å². The predicted octanol–water partition coefficient (Wildman–Crippen LogP) is 2.74. The van der Waals surface area contributed by atoms with E-state index in [4.69, 9.17) is 0 Å². The minimum Gasteiger partial charge on any atom is -0.323 e. The van der Waals surface area contributed by atoms with Crippen LogP contribution in [0, 0.1) is 5.82 Å². The standard InChI is InChI=1S/C13H12FN3OS/c1-9(19-13-15-7-4-8-16-13)12(18)17-11-6-3-2-5-10(11)14/h2-9H,1H3,(H,17,18)/t9-/m0/s1. The third-order valence-corrected chi connectivity index (χ3v) is 3.31. The van der Waals surface area contributed by atoms with E-state index in [2.05, 4.69) is 15.3 Å². The quantitative estimate of drug-likeness (QED) is 0.689. The lowest BCUT2D eigenvalue weighted by atomic mass is 10.3. The van der Waals surface area contributed by atoms with E-state index in [0.717, 1.165) is 0 Å². The zero-order valence-electron chi connectivity index (χ0n) is 10.2. The van der Waals surface area contributed by atoms with Gasteiger partial charge in [-0.25, -0.2) is 14.4 Å². The van der Waals surface area contributed by atoms with Crippen molar-refractivity contribution in [1.29, 1.82) is 0 Å². The molecule has 1 N–H and O–H groups in total. The van der Waals surface area contributed by atoms with Crippen molar-refractivity contribution in [1.82, 2.24) is 9.97 Å². The molecule has 1 amide bonds. The molecule has 0 fully saturated rings. The van der Waals surface area contributed by atoms with Gasteiger partial charge in [0.2, 0.25) is 5.91 Å². The van der Waals surface area contributed by atoms with Crippen LogP contribution in [0.3, 0.4) is 0 Å². The highest BCUT2D eigenvalue weighted by molar-refractivity contribution is 8.00. The van der Waals surface area contributed by atoms with Gasteiger partial charge in [-0.15, -0.1) is 0 Å². The van der Waals surface area contributed by atoms with Crippen LogP contribution < -0.4 is 5.32 Å². The molecule has 1 heterocycles. The molecule has 2 rings (SSSR count). The molecule has 0 unspecified atom stereocenters. The van der Waals surface area contributed by atoms with E-state index >= 15 is 0 Å². The van der Waals surface area contributed by atoms with Gasteiger partial charge in [0.15, 0.2) is 5.16 Å². The molecule has 0 aliphatic heterocycles. The summed E-state index contributed by atoms with van der Waals surface area (Å²) in [4.78, 5) is 20.0. The maximum Gasteiger partial charge on any atom is 0.237 e. The number of thioether (sulfide) groups is 1. The molecule has 4 nitrogen and oxygen atoms in total. The van der Waals surface area contributed by atoms with E-state index in [1.807, 2.05) is 0 Å². The molecule has 1 aromatic carbocycles. The number of anilines is 1. The molecule has 0 aliphatic rings. The summed E-state index contributed by atoms with van der Waals surface area (Å²) in [5, 5.41) is 2.64. The molecular formula is C13H12FN3OS. The van der Waals surface area contributed by atoms with Crippen molar-refractivity contribution in [3.8, 4) is 0 Å². The Hall–Kier alpha value is -1.95. The normalized spacial score (nSPS) is 11.9.